The summed E-state index contributed by atoms with van der Waals surface area (Å²) in [4.78, 5) is 12.9. The number of carboxylic acids is 1. The smallest absolute Gasteiger partial charge is 0.303 e. The number of aromatic nitrogens is 2. The molecule has 100 valence electrons. The Labute approximate surface area is 107 Å². The molecule has 1 aliphatic heterocycles. The molecule has 2 rings (SSSR count). The number of likely N-dealkylation sites (tertiary alicyclic amines) is 1. The minimum atomic E-state index is -0.749. The molecule has 0 atom stereocenters. The quantitative estimate of drug-likeness (QED) is 0.880. The molecule has 0 radical (unpaired) electrons. The first-order valence-corrected chi connectivity index (χ1v) is 6.51. The van der Waals surface area contributed by atoms with E-state index < -0.39 is 5.97 Å². The Kier molecular flexibility index (Phi) is 4.01. The zero-order valence-electron chi connectivity index (χ0n) is 11.1. The molecule has 0 amide bonds. The van der Waals surface area contributed by atoms with Crippen LogP contribution in [0.2, 0.25) is 0 Å². The first-order valence-electron chi connectivity index (χ1n) is 6.51. The molecule has 18 heavy (non-hydrogen) atoms. The number of aliphatic carboxylic acids is 1. The van der Waals surface area contributed by atoms with E-state index in [0.29, 0.717) is 12.5 Å². The van der Waals surface area contributed by atoms with Crippen molar-refractivity contribution in [3.63, 3.8) is 0 Å². The van der Waals surface area contributed by atoms with Gasteiger partial charge in [-0.05, 0) is 51.9 Å². The molecular weight excluding hydrogens is 230 g/mol. The van der Waals surface area contributed by atoms with Crippen molar-refractivity contribution in [2.45, 2.75) is 38.6 Å². The molecule has 2 heterocycles. The van der Waals surface area contributed by atoms with Crippen molar-refractivity contribution >= 4 is 5.97 Å². The molecule has 0 unspecified atom stereocenters. The van der Waals surface area contributed by atoms with Crippen LogP contribution in [-0.2, 0) is 11.2 Å². The Morgan fingerprint density at radius 1 is 1.50 bits per heavy atom. The third-order valence-corrected chi connectivity index (χ3v) is 3.79. The fourth-order valence-electron chi connectivity index (χ4n) is 2.55. The minimum Gasteiger partial charge on any atom is -0.481 e. The van der Waals surface area contributed by atoms with Crippen LogP contribution in [0.1, 0.15) is 36.6 Å². The SMILES string of the molecule is Cc1c(CCC(=O)O)cnn1C1CCN(C)CC1. The van der Waals surface area contributed by atoms with Crippen molar-refractivity contribution in [3.8, 4) is 0 Å². The highest BCUT2D eigenvalue weighted by Gasteiger charge is 2.21. The molecule has 1 saturated heterocycles. The fourth-order valence-corrected chi connectivity index (χ4v) is 2.55. The topological polar surface area (TPSA) is 58.4 Å². The molecule has 0 aliphatic carbocycles. The summed E-state index contributed by atoms with van der Waals surface area (Å²) in [7, 11) is 2.14. The molecule has 0 saturated carbocycles. The summed E-state index contributed by atoms with van der Waals surface area (Å²) in [5.41, 5.74) is 2.20. The van der Waals surface area contributed by atoms with Gasteiger partial charge in [0.25, 0.3) is 0 Å². The number of nitrogens with zero attached hydrogens (tertiary/aromatic N) is 3. The van der Waals surface area contributed by atoms with Crippen LogP contribution in [0.25, 0.3) is 0 Å². The minimum absolute atomic E-state index is 0.180. The summed E-state index contributed by atoms with van der Waals surface area (Å²) in [6, 6.07) is 0.472. The molecule has 0 aromatic carbocycles. The van der Waals surface area contributed by atoms with Crippen LogP contribution in [0.15, 0.2) is 6.20 Å². The average Bonchev–Trinajstić information content (AvgIpc) is 2.69. The highest BCUT2D eigenvalue weighted by atomic mass is 16.4. The zero-order valence-corrected chi connectivity index (χ0v) is 11.1. The van der Waals surface area contributed by atoms with Gasteiger partial charge < -0.3 is 10.0 Å². The maximum atomic E-state index is 10.6. The lowest BCUT2D eigenvalue weighted by Crippen LogP contribution is -2.32. The predicted octanol–water partition coefficient (Wildman–Crippen LogP) is 1.48. The van der Waals surface area contributed by atoms with E-state index in [0.717, 1.165) is 37.2 Å². The lowest BCUT2D eigenvalue weighted by Gasteiger charge is -2.29. The van der Waals surface area contributed by atoms with Gasteiger partial charge in [0.1, 0.15) is 0 Å². The van der Waals surface area contributed by atoms with Crippen molar-refractivity contribution in [2.75, 3.05) is 20.1 Å². The van der Waals surface area contributed by atoms with E-state index in [1.165, 1.54) is 0 Å². The Bertz CT molecular complexity index is 420. The molecular formula is C13H21N3O2. The highest BCUT2D eigenvalue weighted by molar-refractivity contribution is 5.67. The lowest BCUT2D eigenvalue weighted by molar-refractivity contribution is -0.136. The monoisotopic (exact) mass is 251 g/mol. The number of hydrogen-bond donors (Lipinski definition) is 1. The first kappa shape index (κ1) is 13.1. The molecule has 5 heteroatoms. The first-order chi connectivity index (χ1) is 8.58. The third kappa shape index (κ3) is 2.90. The number of piperidine rings is 1. The predicted molar refractivity (Wildman–Crippen MR) is 68.7 cm³/mol. The fraction of sp³-hybridized carbons (Fsp3) is 0.692. The van der Waals surface area contributed by atoms with Gasteiger partial charge in [-0.1, -0.05) is 0 Å². The van der Waals surface area contributed by atoms with Crippen molar-refractivity contribution in [2.24, 2.45) is 0 Å². The molecule has 0 bridgehead atoms. The summed E-state index contributed by atoms with van der Waals surface area (Å²) >= 11 is 0. The molecule has 5 nitrogen and oxygen atoms in total. The van der Waals surface area contributed by atoms with E-state index in [9.17, 15) is 4.79 Å². The van der Waals surface area contributed by atoms with E-state index >= 15 is 0 Å². The van der Waals surface area contributed by atoms with E-state index in [1.807, 2.05) is 13.1 Å². The standard InChI is InChI=1S/C13H21N3O2/c1-10-11(3-4-13(17)18)9-14-16(10)12-5-7-15(2)8-6-12/h9,12H,3-8H2,1-2H3,(H,17,18). The summed E-state index contributed by atoms with van der Waals surface area (Å²) < 4.78 is 2.09. The van der Waals surface area contributed by atoms with Gasteiger partial charge in [0.05, 0.1) is 12.2 Å². The molecule has 1 fully saturated rings. The Balaban J connectivity index is 2.03. The van der Waals surface area contributed by atoms with Gasteiger partial charge >= 0.3 is 5.97 Å². The van der Waals surface area contributed by atoms with E-state index in [2.05, 4.69) is 21.7 Å². The maximum absolute atomic E-state index is 10.6. The molecule has 1 aliphatic rings. The van der Waals surface area contributed by atoms with E-state index in [-0.39, 0.29) is 6.42 Å². The van der Waals surface area contributed by atoms with Crippen LogP contribution in [-0.4, -0.2) is 45.9 Å². The highest BCUT2D eigenvalue weighted by Crippen LogP contribution is 2.24. The molecule has 1 N–H and O–H groups in total. The largest absolute Gasteiger partial charge is 0.481 e. The zero-order chi connectivity index (χ0) is 13.1. The second-order valence-corrected chi connectivity index (χ2v) is 5.13. The van der Waals surface area contributed by atoms with Crippen LogP contribution in [0.3, 0.4) is 0 Å². The van der Waals surface area contributed by atoms with Gasteiger partial charge in [-0.15, -0.1) is 0 Å². The summed E-state index contributed by atoms with van der Waals surface area (Å²) in [6.07, 6.45) is 4.83. The number of hydrogen-bond acceptors (Lipinski definition) is 3. The summed E-state index contributed by atoms with van der Waals surface area (Å²) in [5.74, 6) is -0.749. The molecule has 1 aromatic heterocycles. The van der Waals surface area contributed by atoms with Crippen LogP contribution < -0.4 is 0 Å². The Morgan fingerprint density at radius 3 is 2.78 bits per heavy atom. The van der Waals surface area contributed by atoms with Crippen molar-refractivity contribution in [1.29, 1.82) is 0 Å². The van der Waals surface area contributed by atoms with Crippen LogP contribution in [0.5, 0.6) is 0 Å². The molecule has 1 aromatic rings. The Morgan fingerprint density at radius 2 is 2.17 bits per heavy atom. The maximum Gasteiger partial charge on any atom is 0.303 e. The van der Waals surface area contributed by atoms with Crippen LogP contribution in [0, 0.1) is 6.92 Å². The van der Waals surface area contributed by atoms with Gasteiger partial charge in [-0.3, -0.25) is 9.48 Å². The number of carbonyl (C=O) groups is 1. The Hall–Kier alpha value is -1.36. The number of rotatable bonds is 4. The van der Waals surface area contributed by atoms with Crippen molar-refractivity contribution < 1.29 is 9.90 Å². The van der Waals surface area contributed by atoms with Crippen LogP contribution >= 0.6 is 0 Å². The summed E-state index contributed by atoms with van der Waals surface area (Å²) in [5, 5.41) is 13.2. The van der Waals surface area contributed by atoms with E-state index in [4.69, 9.17) is 5.11 Å². The van der Waals surface area contributed by atoms with E-state index in [1.54, 1.807) is 0 Å². The second kappa shape index (κ2) is 5.52. The van der Waals surface area contributed by atoms with Gasteiger partial charge in [0, 0.05) is 12.1 Å². The van der Waals surface area contributed by atoms with Crippen LogP contribution in [0.4, 0.5) is 0 Å². The van der Waals surface area contributed by atoms with Gasteiger partial charge in [0.2, 0.25) is 0 Å². The second-order valence-electron chi connectivity index (χ2n) is 5.13. The lowest BCUT2D eigenvalue weighted by atomic mass is 10.0. The normalized spacial score (nSPS) is 18.1. The number of aryl methyl sites for hydroxylation is 1. The summed E-state index contributed by atoms with van der Waals surface area (Å²) in [6.45, 7) is 4.26. The van der Waals surface area contributed by atoms with Gasteiger partial charge in [0.15, 0.2) is 0 Å². The van der Waals surface area contributed by atoms with Crippen molar-refractivity contribution in [1.82, 2.24) is 14.7 Å². The number of carboxylic acid groups (broad SMARTS) is 1. The van der Waals surface area contributed by atoms with Crippen molar-refractivity contribution in [3.05, 3.63) is 17.5 Å². The van der Waals surface area contributed by atoms with Gasteiger partial charge in [-0.25, -0.2) is 0 Å². The third-order valence-electron chi connectivity index (χ3n) is 3.79. The molecule has 0 spiro atoms. The van der Waals surface area contributed by atoms with Gasteiger partial charge in [-0.2, -0.15) is 5.10 Å². The average molecular weight is 251 g/mol.